The molecule has 2 N–H and O–H groups in total. The maximum atomic E-state index is 13.4. The van der Waals surface area contributed by atoms with Crippen LogP contribution in [0.1, 0.15) is 37.0 Å². The molecule has 0 aliphatic rings. The molecule has 0 fully saturated rings. The van der Waals surface area contributed by atoms with Gasteiger partial charge in [0.05, 0.1) is 10.0 Å². The molecule has 0 aliphatic heterocycles. The highest BCUT2D eigenvalue weighted by Crippen LogP contribution is 2.22. The molecular formula is C13H15BrFNO3. The van der Waals surface area contributed by atoms with Gasteiger partial charge in [0.2, 0.25) is 0 Å². The number of carbonyl (C=O) groups excluding carboxylic acids is 1. The average Bonchev–Trinajstić information content (AvgIpc) is 2.38. The maximum absolute atomic E-state index is 13.4. The van der Waals surface area contributed by atoms with Crippen molar-refractivity contribution in [1.82, 2.24) is 5.32 Å². The molecule has 1 rings (SSSR count). The molecule has 0 heterocycles. The molecule has 1 amide bonds. The van der Waals surface area contributed by atoms with Crippen LogP contribution in [0.4, 0.5) is 4.39 Å². The fraction of sp³-hybridized carbons (Fsp3) is 0.385. The first-order chi connectivity index (χ1) is 8.88. The summed E-state index contributed by atoms with van der Waals surface area (Å²) in [5, 5.41) is 11.7. The minimum absolute atomic E-state index is 0.0268. The van der Waals surface area contributed by atoms with Crippen molar-refractivity contribution < 1.29 is 19.1 Å². The third-order valence-electron chi connectivity index (χ3n) is 3.17. The van der Waals surface area contributed by atoms with E-state index >= 15 is 0 Å². The number of carboxylic acid groups (broad SMARTS) is 1. The van der Waals surface area contributed by atoms with Gasteiger partial charge in [0, 0.05) is 0 Å². The van der Waals surface area contributed by atoms with Crippen LogP contribution < -0.4 is 5.32 Å². The zero-order valence-electron chi connectivity index (χ0n) is 10.7. The molecule has 6 heteroatoms. The monoisotopic (exact) mass is 331 g/mol. The molecule has 19 heavy (non-hydrogen) atoms. The predicted octanol–water partition coefficient (Wildman–Crippen LogP) is 2.96. The van der Waals surface area contributed by atoms with Crippen molar-refractivity contribution in [3.63, 3.8) is 0 Å². The van der Waals surface area contributed by atoms with Gasteiger partial charge >= 0.3 is 5.97 Å². The van der Waals surface area contributed by atoms with E-state index in [0.717, 1.165) is 0 Å². The van der Waals surface area contributed by atoms with Gasteiger partial charge in [0.1, 0.15) is 11.4 Å². The Balaban J connectivity index is 3.08. The summed E-state index contributed by atoms with van der Waals surface area (Å²) in [6, 6.07) is 4.04. The molecule has 0 spiro atoms. The van der Waals surface area contributed by atoms with Crippen molar-refractivity contribution in [2.24, 2.45) is 0 Å². The summed E-state index contributed by atoms with van der Waals surface area (Å²) in [7, 11) is 0. The molecule has 0 saturated carbocycles. The number of nitrogens with one attached hydrogen (secondary N) is 1. The summed E-state index contributed by atoms with van der Waals surface area (Å²) in [6.07, 6.45) is 0.495. The third-order valence-corrected chi connectivity index (χ3v) is 3.97. The molecule has 4 nitrogen and oxygen atoms in total. The molecule has 104 valence electrons. The van der Waals surface area contributed by atoms with Crippen LogP contribution in [0.2, 0.25) is 0 Å². The zero-order chi connectivity index (χ0) is 14.6. The Hall–Kier alpha value is -1.43. The third kappa shape index (κ3) is 3.12. The van der Waals surface area contributed by atoms with E-state index in [1.807, 2.05) is 0 Å². The fourth-order valence-corrected chi connectivity index (χ4v) is 2.19. The lowest BCUT2D eigenvalue weighted by atomic mass is 9.92. The molecule has 0 unspecified atom stereocenters. The van der Waals surface area contributed by atoms with Gasteiger partial charge in [0.15, 0.2) is 0 Å². The van der Waals surface area contributed by atoms with Crippen molar-refractivity contribution in [2.45, 2.75) is 32.2 Å². The average molecular weight is 332 g/mol. The maximum Gasteiger partial charge on any atom is 0.329 e. The Morgan fingerprint density at radius 2 is 1.95 bits per heavy atom. The molecular weight excluding hydrogens is 317 g/mol. The highest BCUT2D eigenvalue weighted by Gasteiger charge is 2.37. The van der Waals surface area contributed by atoms with Crippen LogP contribution in [0, 0.1) is 5.82 Å². The van der Waals surface area contributed by atoms with Crippen LogP contribution >= 0.6 is 15.9 Å². The van der Waals surface area contributed by atoms with Crippen LogP contribution in [0.15, 0.2) is 22.7 Å². The van der Waals surface area contributed by atoms with Crippen LogP contribution in [0.25, 0.3) is 0 Å². The second-order valence-electron chi connectivity index (χ2n) is 4.15. The fourth-order valence-electron chi connectivity index (χ4n) is 1.75. The quantitative estimate of drug-likeness (QED) is 0.871. The second-order valence-corrected chi connectivity index (χ2v) is 4.94. The standard InChI is InChI=1S/C13H15BrFNO3/c1-3-13(4-2,12(18)19)16-11(17)8-6-5-7-9(15)10(8)14/h5-7H,3-4H2,1-2H3,(H,16,17)(H,18,19). The Kier molecular flexibility index (Phi) is 5.05. The lowest BCUT2D eigenvalue weighted by molar-refractivity contribution is -0.144. The molecule has 0 aromatic heterocycles. The van der Waals surface area contributed by atoms with Crippen molar-refractivity contribution in [1.29, 1.82) is 0 Å². The zero-order valence-corrected chi connectivity index (χ0v) is 12.3. The minimum atomic E-state index is -1.33. The van der Waals surface area contributed by atoms with Crippen molar-refractivity contribution >= 4 is 27.8 Å². The van der Waals surface area contributed by atoms with E-state index in [9.17, 15) is 19.1 Å². The molecule has 0 bridgehead atoms. The van der Waals surface area contributed by atoms with Crippen molar-refractivity contribution in [2.75, 3.05) is 0 Å². The summed E-state index contributed by atoms with van der Waals surface area (Å²) in [4.78, 5) is 23.4. The van der Waals surface area contributed by atoms with E-state index in [1.54, 1.807) is 13.8 Å². The van der Waals surface area contributed by atoms with Crippen LogP contribution in [-0.2, 0) is 4.79 Å². The van der Waals surface area contributed by atoms with Gasteiger partial charge in [-0.15, -0.1) is 0 Å². The predicted molar refractivity (Wildman–Crippen MR) is 72.5 cm³/mol. The normalized spacial score (nSPS) is 11.2. The molecule has 1 aromatic carbocycles. The Morgan fingerprint density at radius 1 is 1.37 bits per heavy atom. The van der Waals surface area contributed by atoms with Gasteiger partial charge in [-0.25, -0.2) is 9.18 Å². The SMILES string of the molecule is CCC(CC)(NC(=O)c1cccc(F)c1Br)C(=O)O. The van der Waals surface area contributed by atoms with Gasteiger partial charge in [-0.3, -0.25) is 4.79 Å². The summed E-state index contributed by atoms with van der Waals surface area (Å²) < 4.78 is 13.4. The lowest BCUT2D eigenvalue weighted by Gasteiger charge is -2.28. The number of rotatable bonds is 5. The molecule has 0 radical (unpaired) electrons. The number of halogens is 2. The number of hydrogen-bond acceptors (Lipinski definition) is 2. The first kappa shape index (κ1) is 15.6. The van der Waals surface area contributed by atoms with E-state index in [-0.39, 0.29) is 22.9 Å². The topological polar surface area (TPSA) is 66.4 Å². The van der Waals surface area contributed by atoms with Gasteiger partial charge in [-0.2, -0.15) is 0 Å². The summed E-state index contributed by atoms with van der Waals surface area (Å²) in [5.41, 5.74) is -1.25. The van der Waals surface area contributed by atoms with E-state index in [0.29, 0.717) is 0 Å². The van der Waals surface area contributed by atoms with Gasteiger partial charge < -0.3 is 10.4 Å². The number of hydrogen-bond donors (Lipinski definition) is 2. The molecule has 0 aliphatic carbocycles. The van der Waals surface area contributed by atoms with Crippen LogP contribution in [0.3, 0.4) is 0 Å². The number of aliphatic carboxylic acids is 1. The van der Waals surface area contributed by atoms with E-state index in [4.69, 9.17) is 0 Å². The second kappa shape index (κ2) is 6.14. The summed E-state index contributed by atoms with van der Waals surface area (Å²) in [5.74, 6) is -2.28. The molecule has 0 saturated heterocycles. The van der Waals surface area contributed by atoms with E-state index < -0.39 is 23.2 Å². The first-order valence-electron chi connectivity index (χ1n) is 5.88. The highest BCUT2D eigenvalue weighted by molar-refractivity contribution is 9.10. The highest BCUT2D eigenvalue weighted by atomic mass is 79.9. The van der Waals surface area contributed by atoms with Gasteiger partial charge in [-0.05, 0) is 40.9 Å². The Morgan fingerprint density at radius 3 is 2.42 bits per heavy atom. The first-order valence-corrected chi connectivity index (χ1v) is 6.67. The van der Waals surface area contributed by atoms with Crippen LogP contribution in [0.5, 0.6) is 0 Å². The number of carboxylic acids is 1. The van der Waals surface area contributed by atoms with Crippen molar-refractivity contribution in [3.8, 4) is 0 Å². The number of benzene rings is 1. The molecule has 1 aromatic rings. The number of amides is 1. The van der Waals surface area contributed by atoms with E-state index in [2.05, 4.69) is 21.2 Å². The molecule has 0 atom stereocenters. The minimum Gasteiger partial charge on any atom is -0.480 e. The van der Waals surface area contributed by atoms with E-state index in [1.165, 1.54) is 18.2 Å². The Labute approximate surface area is 119 Å². The number of carbonyl (C=O) groups is 2. The Bertz CT molecular complexity index is 501. The lowest BCUT2D eigenvalue weighted by Crippen LogP contribution is -2.53. The summed E-state index contributed by atoms with van der Waals surface area (Å²) in [6.45, 7) is 3.36. The smallest absolute Gasteiger partial charge is 0.329 e. The van der Waals surface area contributed by atoms with Gasteiger partial charge in [-0.1, -0.05) is 19.9 Å². The largest absolute Gasteiger partial charge is 0.480 e. The summed E-state index contributed by atoms with van der Waals surface area (Å²) >= 11 is 2.99. The van der Waals surface area contributed by atoms with Crippen LogP contribution in [-0.4, -0.2) is 22.5 Å². The van der Waals surface area contributed by atoms with Gasteiger partial charge in [0.25, 0.3) is 5.91 Å². The van der Waals surface area contributed by atoms with Crippen molar-refractivity contribution in [3.05, 3.63) is 34.1 Å².